The number of carbonyl (C=O) groups excluding carboxylic acids is 1. The lowest BCUT2D eigenvalue weighted by Gasteiger charge is -2.08. The molecule has 7 heteroatoms. The Hall–Kier alpha value is -1.75. The summed E-state index contributed by atoms with van der Waals surface area (Å²) in [5.41, 5.74) is 1.08. The summed E-state index contributed by atoms with van der Waals surface area (Å²) < 4.78 is 6.37. The minimum atomic E-state index is -0.546. The van der Waals surface area contributed by atoms with Gasteiger partial charge in [-0.3, -0.25) is 4.79 Å². The second-order valence-electron chi connectivity index (χ2n) is 4.87. The quantitative estimate of drug-likeness (QED) is 0.342. The highest BCUT2D eigenvalue weighted by Crippen LogP contribution is 2.26. The summed E-state index contributed by atoms with van der Waals surface area (Å²) >= 11 is 14.0. The smallest absolute Gasteiger partial charge is 0.266 e. The topological polar surface area (TPSA) is 62.1 Å². The molecule has 0 aliphatic rings. The predicted molar refractivity (Wildman–Crippen MR) is 109 cm³/mol. The van der Waals surface area contributed by atoms with Gasteiger partial charge in [0, 0.05) is 5.02 Å². The number of anilines is 1. The SMILES string of the molecule is CCOc1ccc(/C=C(/C#N)C(=O)Nc2ccc(Cl)cc2Cl)cc1I. The zero-order valence-corrected chi connectivity index (χ0v) is 16.8. The summed E-state index contributed by atoms with van der Waals surface area (Å²) in [6.45, 7) is 2.48. The van der Waals surface area contributed by atoms with Gasteiger partial charge in [0.15, 0.2) is 0 Å². The Morgan fingerprint density at radius 2 is 2.08 bits per heavy atom. The molecular formula is C18H13Cl2IN2O2. The first-order valence-corrected chi connectivity index (χ1v) is 9.08. The van der Waals surface area contributed by atoms with Gasteiger partial charge in [0.25, 0.3) is 5.91 Å². The van der Waals surface area contributed by atoms with E-state index in [2.05, 4.69) is 27.9 Å². The van der Waals surface area contributed by atoms with Gasteiger partial charge in [-0.05, 0) is 71.5 Å². The second-order valence-corrected chi connectivity index (χ2v) is 6.88. The average molecular weight is 487 g/mol. The fraction of sp³-hybridized carbons (Fsp3) is 0.111. The molecule has 0 heterocycles. The maximum atomic E-state index is 12.3. The number of benzene rings is 2. The number of carbonyl (C=O) groups is 1. The van der Waals surface area contributed by atoms with Crippen molar-refractivity contribution >= 4 is 63.5 Å². The van der Waals surface area contributed by atoms with Crippen molar-refractivity contribution in [2.24, 2.45) is 0 Å². The van der Waals surface area contributed by atoms with Crippen LogP contribution in [0.5, 0.6) is 5.75 Å². The van der Waals surface area contributed by atoms with Crippen LogP contribution in [0.4, 0.5) is 5.69 Å². The number of nitrogens with zero attached hydrogens (tertiary/aromatic N) is 1. The Kier molecular flexibility index (Phi) is 7.12. The van der Waals surface area contributed by atoms with E-state index in [9.17, 15) is 10.1 Å². The van der Waals surface area contributed by atoms with Crippen LogP contribution in [0, 0.1) is 14.9 Å². The normalized spacial score (nSPS) is 10.9. The molecule has 0 spiro atoms. The molecule has 2 rings (SSSR count). The van der Waals surface area contributed by atoms with Crippen LogP contribution in [-0.4, -0.2) is 12.5 Å². The van der Waals surface area contributed by atoms with Crippen molar-refractivity contribution < 1.29 is 9.53 Å². The molecule has 2 aromatic carbocycles. The van der Waals surface area contributed by atoms with E-state index in [1.807, 2.05) is 19.1 Å². The minimum absolute atomic E-state index is 0.0361. The van der Waals surface area contributed by atoms with Gasteiger partial charge in [-0.2, -0.15) is 5.26 Å². The molecule has 2 aromatic rings. The van der Waals surface area contributed by atoms with E-state index in [0.717, 1.165) is 14.9 Å². The molecule has 25 heavy (non-hydrogen) atoms. The lowest BCUT2D eigenvalue weighted by molar-refractivity contribution is -0.112. The van der Waals surface area contributed by atoms with Crippen LogP contribution in [-0.2, 0) is 4.79 Å². The minimum Gasteiger partial charge on any atom is -0.493 e. The summed E-state index contributed by atoms with van der Waals surface area (Å²) in [5, 5.41) is 12.7. The van der Waals surface area contributed by atoms with Crippen LogP contribution in [0.3, 0.4) is 0 Å². The van der Waals surface area contributed by atoms with Gasteiger partial charge in [-0.25, -0.2) is 0 Å². The molecule has 0 unspecified atom stereocenters. The maximum Gasteiger partial charge on any atom is 0.266 e. The van der Waals surface area contributed by atoms with Crippen molar-refractivity contribution in [3.8, 4) is 11.8 Å². The number of nitriles is 1. The molecule has 0 aromatic heterocycles. The molecular weight excluding hydrogens is 474 g/mol. The highest BCUT2D eigenvalue weighted by Gasteiger charge is 2.12. The molecule has 0 saturated heterocycles. The van der Waals surface area contributed by atoms with E-state index in [1.165, 1.54) is 12.1 Å². The number of nitrogens with one attached hydrogen (secondary N) is 1. The fourth-order valence-corrected chi connectivity index (χ4v) is 3.13. The number of ether oxygens (including phenoxy) is 1. The van der Waals surface area contributed by atoms with Crippen molar-refractivity contribution in [2.75, 3.05) is 11.9 Å². The molecule has 0 aliphatic carbocycles. The molecule has 0 fully saturated rings. The molecule has 0 saturated carbocycles. The summed E-state index contributed by atoms with van der Waals surface area (Å²) in [7, 11) is 0. The van der Waals surface area contributed by atoms with Crippen molar-refractivity contribution in [1.82, 2.24) is 0 Å². The standard InChI is InChI=1S/C18H13Cl2IN2O2/c1-2-25-17-6-3-11(8-15(17)21)7-12(10-22)18(24)23-16-5-4-13(19)9-14(16)20/h3-9H,2H2,1H3,(H,23,24)/b12-7-. The van der Waals surface area contributed by atoms with Crippen LogP contribution in [0.1, 0.15) is 12.5 Å². The van der Waals surface area contributed by atoms with Crippen LogP contribution in [0.15, 0.2) is 42.0 Å². The second kappa shape index (κ2) is 9.09. The van der Waals surface area contributed by atoms with Gasteiger partial charge < -0.3 is 10.1 Å². The molecule has 0 aliphatic heterocycles. The third-order valence-electron chi connectivity index (χ3n) is 3.11. The number of hydrogen-bond acceptors (Lipinski definition) is 3. The van der Waals surface area contributed by atoms with Gasteiger partial charge in [0.05, 0.1) is 20.9 Å². The Bertz CT molecular complexity index is 876. The van der Waals surface area contributed by atoms with Crippen LogP contribution in [0.25, 0.3) is 6.08 Å². The largest absolute Gasteiger partial charge is 0.493 e. The fourth-order valence-electron chi connectivity index (χ4n) is 1.98. The lowest BCUT2D eigenvalue weighted by atomic mass is 10.1. The van der Waals surface area contributed by atoms with E-state index < -0.39 is 5.91 Å². The predicted octanol–water partition coefficient (Wildman–Crippen LogP) is 5.54. The zero-order chi connectivity index (χ0) is 18.4. The highest BCUT2D eigenvalue weighted by molar-refractivity contribution is 14.1. The molecule has 128 valence electrons. The van der Waals surface area contributed by atoms with Crippen molar-refractivity contribution in [3.63, 3.8) is 0 Å². The number of halogens is 3. The van der Waals surface area contributed by atoms with Gasteiger partial charge in [0.2, 0.25) is 0 Å². The first-order chi connectivity index (χ1) is 11.9. The van der Waals surface area contributed by atoms with Crippen molar-refractivity contribution in [1.29, 1.82) is 5.26 Å². The Balaban J connectivity index is 2.23. The molecule has 0 bridgehead atoms. The number of amides is 1. The number of hydrogen-bond donors (Lipinski definition) is 1. The van der Waals surface area contributed by atoms with E-state index in [1.54, 1.807) is 24.3 Å². The van der Waals surface area contributed by atoms with Crippen LogP contribution < -0.4 is 10.1 Å². The zero-order valence-electron chi connectivity index (χ0n) is 13.1. The first kappa shape index (κ1) is 19.6. The van der Waals surface area contributed by atoms with Crippen molar-refractivity contribution in [3.05, 3.63) is 61.2 Å². The summed E-state index contributed by atoms with van der Waals surface area (Å²) in [6.07, 6.45) is 1.51. The molecule has 0 atom stereocenters. The molecule has 1 amide bonds. The first-order valence-electron chi connectivity index (χ1n) is 7.25. The van der Waals surface area contributed by atoms with Gasteiger partial charge in [-0.15, -0.1) is 0 Å². The Labute approximate surface area is 169 Å². The summed E-state index contributed by atoms with van der Waals surface area (Å²) in [5.74, 6) is 0.215. The molecule has 1 N–H and O–H groups in total. The van der Waals surface area contributed by atoms with Crippen LogP contribution in [0.2, 0.25) is 10.0 Å². The van der Waals surface area contributed by atoms with Crippen molar-refractivity contribution in [2.45, 2.75) is 6.92 Å². The average Bonchev–Trinajstić information content (AvgIpc) is 2.57. The van der Waals surface area contributed by atoms with E-state index in [4.69, 9.17) is 27.9 Å². The maximum absolute atomic E-state index is 12.3. The van der Waals surface area contributed by atoms with Gasteiger partial charge >= 0.3 is 0 Å². The summed E-state index contributed by atoms with van der Waals surface area (Å²) in [6, 6.07) is 12.0. The van der Waals surface area contributed by atoms with Crippen LogP contribution >= 0.6 is 45.8 Å². The summed E-state index contributed by atoms with van der Waals surface area (Å²) in [4.78, 5) is 12.3. The lowest BCUT2D eigenvalue weighted by Crippen LogP contribution is -2.13. The van der Waals surface area contributed by atoms with E-state index >= 15 is 0 Å². The van der Waals surface area contributed by atoms with E-state index in [-0.39, 0.29) is 5.57 Å². The third kappa shape index (κ3) is 5.36. The molecule has 0 radical (unpaired) electrons. The third-order valence-corrected chi connectivity index (χ3v) is 4.50. The monoisotopic (exact) mass is 486 g/mol. The van der Waals surface area contributed by atoms with Gasteiger partial charge in [0.1, 0.15) is 17.4 Å². The highest BCUT2D eigenvalue weighted by atomic mass is 127. The van der Waals surface area contributed by atoms with Gasteiger partial charge in [-0.1, -0.05) is 29.3 Å². The Morgan fingerprint density at radius 3 is 2.68 bits per heavy atom. The number of rotatable bonds is 5. The van der Waals surface area contributed by atoms with E-state index in [0.29, 0.717) is 22.3 Å². The molecule has 4 nitrogen and oxygen atoms in total. The Morgan fingerprint density at radius 1 is 1.32 bits per heavy atom.